The lowest BCUT2D eigenvalue weighted by molar-refractivity contribution is 0.204. The topological polar surface area (TPSA) is 45.6 Å². The van der Waals surface area contributed by atoms with Crippen LogP contribution in [0, 0.1) is 0 Å². The molecule has 0 unspecified atom stereocenters. The Bertz CT molecular complexity index is 480. The molecule has 0 heterocycles. The van der Waals surface area contributed by atoms with E-state index in [-0.39, 0.29) is 0 Å². The molecule has 0 aliphatic heterocycles. The normalized spacial score (nSPS) is 11.3. The largest absolute Gasteiger partial charge is 0.383 e. The molecular weight excluding hydrogens is 305 g/mol. The molecule has 0 saturated heterocycles. The first-order valence-electron chi connectivity index (χ1n) is 5.57. The van der Waals surface area contributed by atoms with Gasteiger partial charge in [-0.3, -0.25) is 5.43 Å². The Labute approximate surface area is 128 Å². The number of rotatable bonds is 5. The van der Waals surface area contributed by atoms with Crippen molar-refractivity contribution in [3.05, 3.63) is 33.8 Å². The Hall–Kier alpha value is -0.880. The van der Waals surface area contributed by atoms with Crippen molar-refractivity contribution in [1.82, 2.24) is 10.7 Å². The monoisotopic (exact) mass is 319 g/mol. The van der Waals surface area contributed by atoms with E-state index in [1.165, 1.54) is 0 Å². The van der Waals surface area contributed by atoms with Crippen LogP contribution >= 0.6 is 35.4 Å². The smallest absolute Gasteiger partial charge is 0.187 e. The molecule has 0 aromatic heterocycles. The van der Waals surface area contributed by atoms with Crippen molar-refractivity contribution in [2.24, 2.45) is 5.10 Å². The molecule has 1 rings (SSSR count). The molecule has 0 aliphatic carbocycles. The summed E-state index contributed by atoms with van der Waals surface area (Å²) < 4.78 is 4.90. The zero-order valence-corrected chi connectivity index (χ0v) is 13.0. The van der Waals surface area contributed by atoms with E-state index in [9.17, 15) is 0 Å². The highest BCUT2D eigenvalue weighted by Gasteiger charge is 2.04. The molecular formula is C12H15Cl2N3OS. The van der Waals surface area contributed by atoms with Gasteiger partial charge in [0.05, 0.1) is 17.3 Å². The standard InChI is InChI=1S/C12H15Cl2N3OS/c1-8(10-4-3-9(13)7-11(10)14)16-17-12(19)15-5-6-18-2/h3-4,7H,5-6H2,1-2H3,(H2,15,17,19)/b16-8-. The first-order chi connectivity index (χ1) is 9.04. The second-order valence-corrected chi connectivity index (χ2v) is 4.93. The maximum absolute atomic E-state index is 6.08. The van der Waals surface area contributed by atoms with Gasteiger partial charge in [0.1, 0.15) is 0 Å². The molecule has 0 spiro atoms. The van der Waals surface area contributed by atoms with Gasteiger partial charge in [0.2, 0.25) is 0 Å². The van der Waals surface area contributed by atoms with Crippen LogP contribution in [0.15, 0.2) is 23.3 Å². The lowest BCUT2D eigenvalue weighted by atomic mass is 10.1. The summed E-state index contributed by atoms with van der Waals surface area (Å²) >= 11 is 17.0. The molecule has 0 radical (unpaired) electrons. The van der Waals surface area contributed by atoms with Gasteiger partial charge >= 0.3 is 0 Å². The summed E-state index contributed by atoms with van der Waals surface area (Å²) in [4.78, 5) is 0. The molecule has 104 valence electrons. The van der Waals surface area contributed by atoms with Crippen molar-refractivity contribution in [3.63, 3.8) is 0 Å². The highest BCUT2D eigenvalue weighted by Crippen LogP contribution is 2.21. The predicted molar refractivity (Wildman–Crippen MR) is 84.3 cm³/mol. The fourth-order valence-corrected chi connectivity index (χ4v) is 1.98. The first kappa shape index (κ1) is 16.2. The second-order valence-electron chi connectivity index (χ2n) is 3.68. The molecule has 4 nitrogen and oxygen atoms in total. The molecule has 0 aliphatic rings. The number of benzene rings is 1. The van der Waals surface area contributed by atoms with E-state index in [1.807, 2.05) is 13.0 Å². The summed E-state index contributed by atoms with van der Waals surface area (Å²) in [6, 6.07) is 5.25. The molecule has 0 fully saturated rings. The molecule has 0 saturated carbocycles. The zero-order valence-electron chi connectivity index (χ0n) is 10.7. The summed E-state index contributed by atoms with van der Waals surface area (Å²) in [6.45, 7) is 3.03. The van der Waals surface area contributed by atoms with Gasteiger partial charge in [0.15, 0.2) is 5.11 Å². The predicted octanol–water partition coefficient (Wildman–Crippen LogP) is 2.83. The second kappa shape index (κ2) is 8.32. The van der Waals surface area contributed by atoms with Gasteiger partial charge < -0.3 is 10.1 Å². The summed E-state index contributed by atoms with van der Waals surface area (Å²) in [5.41, 5.74) is 4.27. The van der Waals surface area contributed by atoms with Crippen LogP contribution < -0.4 is 10.7 Å². The molecule has 19 heavy (non-hydrogen) atoms. The third-order valence-electron chi connectivity index (χ3n) is 2.24. The van der Waals surface area contributed by atoms with Crippen LogP contribution in [0.1, 0.15) is 12.5 Å². The van der Waals surface area contributed by atoms with Gasteiger partial charge in [-0.15, -0.1) is 0 Å². The van der Waals surface area contributed by atoms with Gasteiger partial charge in [-0.05, 0) is 31.3 Å². The summed E-state index contributed by atoms with van der Waals surface area (Å²) in [6.07, 6.45) is 0. The average Bonchev–Trinajstić information content (AvgIpc) is 2.36. The Morgan fingerprint density at radius 2 is 2.16 bits per heavy atom. The van der Waals surface area contributed by atoms with E-state index in [1.54, 1.807) is 19.2 Å². The number of halogens is 2. The molecule has 2 N–H and O–H groups in total. The molecule has 1 aromatic rings. The van der Waals surface area contributed by atoms with Crippen LogP contribution in [0.5, 0.6) is 0 Å². The molecule has 0 bridgehead atoms. The Balaban J connectivity index is 2.59. The number of hydrogen-bond donors (Lipinski definition) is 2. The highest BCUT2D eigenvalue weighted by molar-refractivity contribution is 7.80. The van der Waals surface area contributed by atoms with Gasteiger partial charge in [-0.2, -0.15) is 5.10 Å². The first-order valence-corrected chi connectivity index (χ1v) is 6.73. The lowest BCUT2D eigenvalue weighted by Crippen LogP contribution is -2.34. The van der Waals surface area contributed by atoms with Crippen LogP contribution in [-0.4, -0.2) is 31.1 Å². The van der Waals surface area contributed by atoms with E-state index in [2.05, 4.69) is 15.8 Å². The SMILES string of the molecule is COCCNC(=S)N/N=C(/C)c1ccc(Cl)cc1Cl. The number of thiocarbonyl (C=S) groups is 1. The van der Waals surface area contributed by atoms with Gasteiger partial charge in [0.25, 0.3) is 0 Å². The maximum Gasteiger partial charge on any atom is 0.187 e. The minimum absolute atomic E-state index is 0.432. The van der Waals surface area contributed by atoms with Crippen molar-refractivity contribution in [2.45, 2.75) is 6.92 Å². The van der Waals surface area contributed by atoms with Crippen molar-refractivity contribution in [2.75, 3.05) is 20.3 Å². The fraction of sp³-hybridized carbons (Fsp3) is 0.333. The van der Waals surface area contributed by atoms with Crippen LogP contribution in [-0.2, 0) is 4.74 Å². The Morgan fingerprint density at radius 3 is 2.79 bits per heavy atom. The molecule has 7 heteroatoms. The van der Waals surface area contributed by atoms with Gasteiger partial charge in [-0.1, -0.05) is 29.3 Å². The molecule has 1 aromatic carbocycles. The van der Waals surface area contributed by atoms with Crippen molar-refractivity contribution >= 4 is 46.2 Å². The highest BCUT2D eigenvalue weighted by atomic mass is 35.5. The number of methoxy groups -OCH3 is 1. The average molecular weight is 320 g/mol. The van der Waals surface area contributed by atoms with Crippen molar-refractivity contribution in [1.29, 1.82) is 0 Å². The Kier molecular flexibility index (Phi) is 7.09. The lowest BCUT2D eigenvalue weighted by Gasteiger charge is -2.08. The summed E-state index contributed by atoms with van der Waals surface area (Å²) in [5.74, 6) is 0. The van der Waals surface area contributed by atoms with Gasteiger partial charge in [0, 0.05) is 24.2 Å². The van der Waals surface area contributed by atoms with E-state index < -0.39 is 0 Å². The van der Waals surface area contributed by atoms with E-state index in [0.717, 1.165) is 11.3 Å². The van der Waals surface area contributed by atoms with Crippen LogP contribution in [0.25, 0.3) is 0 Å². The minimum atomic E-state index is 0.432. The number of nitrogens with one attached hydrogen (secondary N) is 2. The van der Waals surface area contributed by atoms with Crippen molar-refractivity contribution < 1.29 is 4.74 Å². The van der Waals surface area contributed by atoms with Crippen LogP contribution in [0.3, 0.4) is 0 Å². The van der Waals surface area contributed by atoms with Crippen LogP contribution in [0.2, 0.25) is 10.0 Å². The van der Waals surface area contributed by atoms with E-state index in [0.29, 0.717) is 28.3 Å². The van der Waals surface area contributed by atoms with E-state index in [4.69, 9.17) is 40.2 Å². The van der Waals surface area contributed by atoms with E-state index >= 15 is 0 Å². The fourth-order valence-electron chi connectivity index (χ4n) is 1.28. The number of hydrogen-bond acceptors (Lipinski definition) is 3. The quantitative estimate of drug-likeness (QED) is 0.379. The number of hydrazone groups is 1. The van der Waals surface area contributed by atoms with Gasteiger partial charge in [-0.25, -0.2) is 0 Å². The zero-order chi connectivity index (χ0) is 14.3. The molecule has 0 atom stereocenters. The third-order valence-corrected chi connectivity index (χ3v) is 3.02. The summed E-state index contributed by atoms with van der Waals surface area (Å²) in [5, 5.41) is 8.68. The summed E-state index contributed by atoms with van der Waals surface area (Å²) in [7, 11) is 1.63. The number of nitrogens with zero attached hydrogens (tertiary/aromatic N) is 1. The minimum Gasteiger partial charge on any atom is -0.383 e. The Morgan fingerprint density at radius 1 is 1.42 bits per heavy atom. The molecule has 0 amide bonds. The maximum atomic E-state index is 6.08. The van der Waals surface area contributed by atoms with Crippen LogP contribution in [0.4, 0.5) is 0 Å². The number of ether oxygens (including phenoxy) is 1. The third kappa shape index (κ3) is 5.74. The van der Waals surface area contributed by atoms with Crippen molar-refractivity contribution in [3.8, 4) is 0 Å².